The number of pyridine rings is 2. The molecule has 0 spiro atoms. The number of carbonyl (C=O) groups excluding carboxylic acids is 1. The number of halogens is 1. The van der Waals surface area contributed by atoms with Gasteiger partial charge in [0, 0.05) is 27.8 Å². The van der Waals surface area contributed by atoms with E-state index in [4.69, 9.17) is 4.98 Å². The van der Waals surface area contributed by atoms with Crippen LogP contribution in [-0.4, -0.2) is 15.9 Å². The lowest BCUT2D eigenvalue weighted by molar-refractivity contribution is 0.0937. The SMILES string of the molecule is CC[C@@H](NC(=O)c1cc(-c2ccncc2)nc2ccc(Br)cc12)c1ccccc1. The van der Waals surface area contributed by atoms with Crippen molar-refractivity contribution in [2.24, 2.45) is 0 Å². The Bertz CT molecular complexity index is 1150. The Kier molecular flexibility index (Phi) is 5.67. The molecule has 2 aromatic heterocycles. The lowest BCUT2D eigenvalue weighted by Gasteiger charge is -2.18. The Balaban J connectivity index is 1.78. The lowest BCUT2D eigenvalue weighted by Crippen LogP contribution is -2.28. The first-order valence-electron chi connectivity index (χ1n) is 9.52. The number of carbonyl (C=O) groups is 1. The molecule has 5 heteroatoms. The first kappa shape index (κ1) is 19.3. The number of hydrogen-bond acceptors (Lipinski definition) is 3. The predicted octanol–water partition coefficient (Wildman–Crippen LogP) is 5.94. The molecule has 4 nitrogen and oxygen atoms in total. The highest BCUT2D eigenvalue weighted by molar-refractivity contribution is 9.10. The van der Waals surface area contributed by atoms with Gasteiger partial charge < -0.3 is 5.32 Å². The molecule has 1 N–H and O–H groups in total. The average Bonchev–Trinajstić information content (AvgIpc) is 2.77. The van der Waals surface area contributed by atoms with Gasteiger partial charge in [-0.1, -0.05) is 53.2 Å². The second kappa shape index (κ2) is 8.53. The molecule has 0 fully saturated rings. The molecule has 0 aliphatic heterocycles. The summed E-state index contributed by atoms with van der Waals surface area (Å²) in [5.41, 5.74) is 4.16. The van der Waals surface area contributed by atoms with Gasteiger partial charge in [0.2, 0.25) is 0 Å². The summed E-state index contributed by atoms with van der Waals surface area (Å²) >= 11 is 3.51. The molecule has 0 saturated carbocycles. The van der Waals surface area contributed by atoms with Crippen LogP contribution in [0.25, 0.3) is 22.2 Å². The van der Waals surface area contributed by atoms with Crippen LogP contribution < -0.4 is 5.32 Å². The van der Waals surface area contributed by atoms with Crippen molar-refractivity contribution in [2.45, 2.75) is 19.4 Å². The number of nitrogens with one attached hydrogen (secondary N) is 1. The van der Waals surface area contributed by atoms with Gasteiger partial charge in [0.1, 0.15) is 0 Å². The third-order valence-electron chi connectivity index (χ3n) is 4.91. The minimum atomic E-state index is -0.110. The van der Waals surface area contributed by atoms with Crippen LogP contribution >= 0.6 is 15.9 Å². The van der Waals surface area contributed by atoms with Gasteiger partial charge in [-0.05, 0) is 48.4 Å². The Hall–Kier alpha value is -3.05. The zero-order chi connectivity index (χ0) is 20.2. The standard InChI is InChI=1S/C24H20BrN3O/c1-2-21(16-6-4-3-5-7-16)28-24(29)20-15-23(17-10-12-26-13-11-17)27-22-9-8-18(25)14-19(20)22/h3-15,21H,2H2,1H3,(H,28,29)/t21-/m1/s1. The topological polar surface area (TPSA) is 54.9 Å². The molecule has 0 radical (unpaired) electrons. The van der Waals surface area contributed by atoms with Crippen molar-refractivity contribution in [3.8, 4) is 11.3 Å². The van der Waals surface area contributed by atoms with Gasteiger partial charge in [-0.15, -0.1) is 0 Å². The van der Waals surface area contributed by atoms with Crippen LogP contribution in [0.15, 0.2) is 83.6 Å². The highest BCUT2D eigenvalue weighted by Gasteiger charge is 2.18. The molecule has 29 heavy (non-hydrogen) atoms. The van der Waals surface area contributed by atoms with E-state index in [1.165, 1.54) is 0 Å². The monoisotopic (exact) mass is 445 g/mol. The van der Waals surface area contributed by atoms with Gasteiger partial charge in [-0.2, -0.15) is 0 Å². The molecule has 1 amide bonds. The fraction of sp³-hybridized carbons (Fsp3) is 0.125. The summed E-state index contributed by atoms with van der Waals surface area (Å²) in [4.78, 5) is 22.2. The van der Waals surface area contributed by atoms with E-state index in [1.54, 1.807) is 12.4 Å². The second-order valence-electron chi connectivity index (χ2n) is 6.80. The van der Waals surface area contributed by atoms with Gasteiger partial charge in [-0.25, -0.2) is 4.98 Å². The van der Waals surface area contributed by atoms with Gasteiger partial charge in [0.05, 0.1) is 22.8 Å². The van der Waals surface area contributed by atoms with Crippen LogP contribution in [0.3, 0.4) is 0 Å². The first-order chi connectivity index (χ1) is 14.2. The second-order valence-corrected chi connectivity index (χ2v) is 7.71. The van der Waals surface area contributed by atoms with Crippen molar-refractivity contribution in [1.82, 2.24) is 15.3 Å². The van der Waals surface area contributed by atoms with Crippen molar-refractivity contribution in [3.05, 3.63) is 94.7 Å². The van der Waals surface area contributed by atoms with E-state index in [2.05, 4.69) is 33.2 Å². The molecular formula is C24H20BrN3O. The summed E-state index contributed by atoms with van der Waals surface area (Å²) in [5.74, 6) is -0.110. The van der Waals surface area contributed by atoms with Crippen LogP contribution in [0, 0.1) is 0 Å². The van der Waals surface area contributed by atoms with Crippen LogP contribution in [-0.2, 0) is 0 Å². The molecule has 0 aliphatic carbocycles. The maximum Gasteiger partial charge on any atom is 0.252 e. The van der Waals surface area contributed by atoms with Crippen molar-refractivity contribution >= 4 is 32.7 Å². The summed E-state index contributed by atoms with van der Waals surface area (Å²) in [5, 5.41) is 4.01. The molecule has 144 valence electrons. The number of aromatic nitrogens is 2. The Labute approximate surface area is 178 Å². The summed E-state index contributed by atoms with van der Waals surface area (Å²) in [6.07, 6.45) is 4.26. The average molecular weight is 446 g/mol. The molecular weight excluding hydrogens is 426 g/mol. The molecule has 0 bridgehead atoms. The van der Waals surface area contributed by atoms with E-state index in [0.29, 0.717) is 5.56 Å². The third-order valence-corrected chi connectivity index (χ3v) is 5.40. The quantitative estimate of drug-likeness (QED) is 0.413. The number of amides is 1. The lowest BCUT2D eigenvalue weighted by atomic mass is 10.0. The largest absolute Gasteiger partial charge is 0.345 e. The van der Waals surface area contributed by atoms with E-state index < -0.39 is 0 Å². The highest BCUT2D eigenvalue weighted by Crippen LogP contribution is 2.28. The zero-order valence-corrected chi connectivity index (χ0v) is 17.6. The third kappa shape index (κ3) is 4.20. The first-order valence-corrected chi connectivity index (χ1v) is 10.3. The molecule has 2 aromatic carbocycles. The van der Waals surface area contributed by atoms with Crippen molar-refractivity contribution in [2.75, 3.05) is 0 Å². The van der Waals surface area contributed by atoms with E-state index in [0.717, 1.165) is 38.6 Å². The maximum absolute atomic E-state index is 13.3. The molecule has 0 saturated heterocycles. The molecule has 4 aromatic rings. The minimum absolute atomic E-state index is 0.0524. The number of benzene rings is 2. The highest BCUT2D eigenvalue weighted by atomic mass is 79.9. The van der Waals surface area contributed by atoms with Crippen LogP contribution in [0.1, 0.15) is 35.3 Å². The number of hydrogen-bond donors (Lipinski definition) is 1. The number of rotatable bonds is 5. The van der Waals surface area contributed by atoms with E-state index in [9.17, 15) is 4.79 Å². The minimum Gasteiger partial charge on any atom is -0.345 e. The molecule has 1 atom stereocenters. The Morgan fingerprint density at radius 1 is 1.03 bits per heavy atom. The molecule has 2 heterocycles. The Morgan fingerprint density at radius 3 is 2.52 bits per heavy atom. The van der Waals surface area contributed by atoms with Crippen molar-refractivity contribution in [1.29, 1.82) is 0 Å². The van der Waals surface area contributed by atoms with E-state index in [1.807, 2.05) is 66.7 Å². The maximum atomic E-state index is 13.3. The van der Waals surface area contributed by atoms with Crippen molar-refractivity contribution in [3.63, 3.8) is 0 Å². The summed E-state index contributed by atoms with van der Waals surface area (Å²) < 4.78 is 0.910. The smallest absolute Gasteiger partial charge is 0.252 e. The fourth-order valence-electron chi connectivity index (χ4n) is 3.40. The molecule has 0 aliphatic rings. The fourth-order valence-corrected chi connectivity index (χ4v) is 3.76. The van der Waals surface area contributed by atoms with Crippen LogP contribution in [0.5, 0.6) is 0 Å². The normalized spacial score (nSPS) is 11.9. The number of nitrogens with zero attached hydrogens (tertiary/aromatic N) is 2. The van der Waals surface area contributed by atoms with Crippen LogP contribution in [0.2, 0.25) is 0 Å². The van der Waals surface area contributed by atoms with E-state index in [-0.39, 0.29) is 11.9 Å². The Morgan fingerprint density at radius 2 is 1.79 bits per heavy atom. The molecule has 4 rings (SSSR count). The van der Waals surface area contributed by atoms with Gasteiger partial charge in [0.25, 0.3) is 5.91 Å². The summed E-state index contributed by atoms with van der Waals surface area (Å²) in [6.45, 7) is 2.07. The van der Waals surface area contributed by atoms with Crippen LogP contribution in [0.4, 0.5) is 0 Å². The predicted molar refractivity (Wildman–Crippen MR) is 120 cm³/mol. The van der Waals surface area contributed by atoms with Gasteiger partial charge in [0.15, 0.2) is 0 Å². The van der Waals surface area contributed by atoms with E-state index >= 15 is 0 Å². The molecule has 0 unspecified atom stereocenters. The summed E-state index contributed by atoms with van der Waals surface area (Å²) in [6, 6.07) is 21.4. The van der Waals surface area contributed by atoms with Gasteiger partial charge >= 0.3 is 0 Å². The van der Waals surface area contributed by atoms with Gasteiger partial charge in [-0.3, -0.25) is 9.78 Å². The summed E-state index contributed by atoms with van der Waals surface area (Å²) in [7, 11) is 0. The number of fused-ring (bicyclic) bond motifs is 1. The zero-order valence-electron chi connectivity index (χ0n) is 16.0. The van der Waals surface area contributed by atoms with Crippen molar-refractivity contribution < 1.29 is 4.79 Å².